The molecule has 0 bridgehead atoms. The maximum absolute atomic E-state index is 11.7. The zero-order valence-corrected chi connectivity index (χ0v) is 11.4. The first kappa shape index (κ1) is 13.7. The summed E-state index contributed by atoms with van der Waals surface area (Å²) in [5.41, 5.74) is 0.783. The molecule has 1 heterocycles. The van der Waals surface area contributed by atoms with Crippen LogP contribution in [0, 0.1) is 0 Å². The largest absolute Gasteiger partial charge is 0.376 e. The summed E-state index contributed by atoms with van der Waals surface area (Å²) in [5, 5.41) is 3.95. The predicted octanol–water partition coefficient (Wildman–Crippen LogP) is 2.83. The number of ether oxygens (including phenoxy) is 1. The molecule has 98 valence electrons. The fraction of sp³-hybridized carbons (Fsp3) is 0.462. The van der Waals surface area contributed by atoms with Gasteiger partial charge in [0.2, 0.25) is 5.91 Å². The van der Waals surface area contributed by atoms with Gasteiger partial charge in [-0.3, -0.25) is 4.79 Å². The number of carbonyl (C=O) groups is 1. The summed E-state index contributed by atoms with van der Waals surface area (Å²) in [6.45, 7) is 1.37. The van der Waals surface area contributed by atoms with Crippen LogP contribution in [0.4, 0.5) is 0 Å². The van der Waals surface area contributed by atoms with Crippen LogP contribution in [-0.4, -0.2) is 25.2 Å². The summed E-state index contributed by atoms with van der Waals surface area (Å²) in [6.07, 6.45) is 2.52. The van der Waals surface area contributed by atoms with Gasteiger partial charge in [0.25, 0.3) is 0 Å². The highest BCUT2D eigenvalue weighted by molar-refractivity contribution is 6.35. The van der Waals surface area contributed by atoms with Crippen LogP contribution in [0.25, 0.3) is 0 Å². The average molecular weight is 288 g/mol. The summed E-state index contributed by atoms with van der Waals surface area (Å²) in [5.74, 6) is -0.0466. The minimum Gasteiger partial charge on any atom is -0.376 e. The zero-order valence-electron chi connectivity index (χ0n) is 9.92. The Morgan fingerprint density at radius 2 is 2.28 bits per heavy atom. The quantitative estimate of drug-likeness (QED) is 0.925. The molecule has 0 unspecified atom stereocenters. The van der Waals surface area contributed by atoms with E-state index in [9.17, 15) is 4.79 Å². The topological polar surface area (TPSA) is 38.3 Å². The maximum Gasteiger partial charge on any atom is 0.224 e. The van der Waals surface area contributed by atoms with Crippen molar-refractivity contribution >= 4 is 29.1 Å². The number of hydrogen-bond acceptors (Lipinski definition) is 2. The lowest BCUT2D eigenvalue weighted by Crippen LogP contribution is -2.32. The maximum atomic E-state index is 11.7. The summed E-state index contributed by atoms with van der Waals surface area (Å²) < 4.78 is 5.43. The molecule has 1 saturated heterocycles. The van der Waals surface area contributed by atoms with Crippen molar-refractivity contribution in [3.05, 3.63) is 33.8 Å². The van der Waals surface area contributed by atoms with Crippen LogP contribution in [0.3, 0.4) is 0 Å². The van der Waals surface area contributed by atoms with Gasteiger partial charge in [-0.25, -0.2) is 0 Å². The number of rotatable bonds is 4. The van der Waals surface area contributed by atoms with Crippen LogP contribution in [0.5, 0.6) is 0 Å². The molecule has 0 saturated carbocycles. The van der Waals surface area contributed by atoms with E-state index in [0.717, 1.165) is 25.0 Å². The number of amides is 1. The SMILES string of the molecule is O=C(Cc1ccc(Cl)cc1Cl)NC[C@@H]1CCCO1. The number of nitrogens with one attached hydrogen (secondary N) is 1. The molecule has 0 spiro atoms. The molecule has 18 heavy (non-hydrogen) atoms. The standard InChI is InChI=1S/C13H15Cl2NO2/c14-10-4-3-9(12(15)7-10)6-13(17)16-8-11-2-1-5-18-11/h3-4,7,11H,1-2,5-6,8H2,(H,16,17)/t11-/m0/s1. The molecule has 1 aliphatic heterocycles. The van der Waals surface area contributed by atoms with Crippen molar-refractivity contribution in [3.63, 3.8) is 0 Å². The Labute approximate surface area is 116 Å². The first-order chi connectivity index (χ1) is 8.65. The molecule has 2 rings (SSSR count). The van der Waals surface area contributed by atoms with Gasteiger partial charge in [-0.05, 0) is 30.5 Å². The Morgan fingerprint density at radius 3 is 2.94 bits per heavy atom. The summed E-state index contributed by atoms with van der Waals surface area (Å²) in [7, 11) is 0. The summed E-state index contributed by atoms with van der Waals surface area (Å²) in [4.78, 5) is 11.7. The molecule has 1 aliphatic rings. The van der Waals surface area contributed by atoms with Gasteiger partial charge in [-0.2, -0.15) is 0 Å². The number of carbonyl (C=O) groups excluding carboxylic acids is 1. The third-order valence-corrected chi connectivity index (χ3v) is 3.50. The van der Waals surface area contributed by atoms with Crippen molar-refractivity contribution in [1.29, 1.82) is 0 Å². The first-order valence-corrected chi connectivity index (χ1v) is 6.73. The lowest BCUT2D eigenvalue weighted by atomic mass is 10.1. The van der Waals surface area contributed by atoms with E-state index in [2.05, 4.69) is 5.32 Å². The van der Waals surface area contributed by atoms with Gasteiger partial charge >= 0.3 is 0 Å². The van der Waals surface area contributed by atoms with Crippen LogP contribution in [0.15, 0.2) is 18.2 Å². The molecule has 0 aliphatic carbocycles. The second kappa shape index (κ2) is 6.41. The Balaban J connectivity index is 1.82. The van der Waals surface area contributed by atoms with Crippen molar-refractivity contribution < 1.29 is 9.53 Å². The fourth-order valence-electron chi connectivity index (χ4n) is 1.93. The second-order valence-electron chi connectivity index (χ2n) is 4.35. The number of hydrogen-bond donors (Lipinski definition) is 1. The van der Waals surface area contributed by atoms with E-state index in [1.807, 2.05) is 0 Å². The molecule has 3 nitrogen and oxygen atoms in total. The Bertz CT molecular complexity index is 431. The molecule has 1 aromatic rings. The molecule has 1 aromatic carbocycles. The fourth-order valence-corrected chi connectivity index (χ4v) is 2.41. The van der Waals surface area contributed by atoms with Gasteiger partial charge in [-0.1, -0.05) is 29.3 Å². The van der Waals surface area contributed by atoms with Gasteiger partial charge < -0.3 is 10.1 Å². The van der Waals surface area contributed by atoms with Gasteiger partial charge in [0.1, 0.15) is 0 Å². The molecule has 0 radical (unpaired) electrons. The van der Waals surface area contributed by atoms with Gasteiger partial charge in [0.05, 0.1) is 12.5 Å². The second-order valence-corrected chi connectivity index (χ2v) is 5.20. The van der Waals surface area contributed by atoms with Crippen LogP contribution in [0.2, 0.25) is 10.0 Å². The van der Waals surface area contributed by atoms with Crippen molar-refractivity contribution in [3.8, 4) is 0 Å². The Kier molecular flexibility index (Phi) is 4.87. The van der Waals surface area contributed by atoms with Crippen LogP contribution >= 0.6 is 23.2 Å². The number of benzene rings is 1. The lowest BCUT2D eigenvalue weighted by Gasteiger charge is -2.11. The van der Waals surface area contributed by atoms with Crippen molar-refractivity contribution in [2.45, 2.75) is 25.4 Å². The van der Waals surface area contributed by atoms with E-state index in [1.165, 1.54) is 0 Å². The highest BCUT2D eigenvalue weighted by Crippen LogP contribution is 2.21. The molecule has 5 heteroatoms. The molecule has 0 aromatic heterocycles. The van der Waals surface area contributed by atoms with E-state index < -0.39 is 0 Å². The molecule has 1 fully saturated rings. The monoisotopic (exact) mass is 287 g/mol. The predicted molar refractivity (Wildman–Crippen MR) is 72.1 cm³/mol. The number of halogens is 2. The van der Waals surface area contributed by atoms with Crippen LogP contribution in [0.1, 0.15) is 18.4 Å². The molecule has 1 amide bonds. The van der Waals surface area contributed by atoms with E-state index in [0.29, 0.717) is 16.6 Å². The average Bonchev–Trinajstić information content (AvgIpc) is 2.83. The van der Waals surface area contributed by atoms with Gasteiger partial charge in [0.15, 0.2) is 0 Å². The molecule has 1 atom stereocenters. The third-order valence-electron chi connectivity index (χ3n) is 2.92. The lowest BCUT2D eigenvalue weighted by molar-refractivity contribution is -0.120. The molecular weight excluding hydrogens is 273 g/mol. The Morgan fingerprint density at radius 1 is 1.44 bits per heavy atom. The zero-order chi connectivity index (χ0) is 13.0. The highest BCUT2D eigenvalue weighted by Gasteiger charge is 2.16. The van der Waals surface area contributed by atoms with Gasteiger partial charge in [-0.15, -0.1) is 0 Å². The smallest absolute Gasteiger partial charge is 0.224 e. The first-order valence-electron chi connectivity index (χ1n) is 5.97. The van der Waals surface area contributed by atoms with Crippen molar-refractivity contribution in [2.24, 2.45) is 0 Å². The van der Waals surface area contributed by atoms with Gasteiger partial charge in [0, 0.05) is 23.2 Å². The molecule has 1 N–H and O–H groups in total. The molecular formula is C13H15Cl2NO2. The van der Waals surface area contributed by atoms with E-state index >= 15 is 0 Å². The van der Waals surface area contributed by atoms with Crippen molar-refractivity contribution in [2.75, 3.05) is 13.2 Å². The Hall–Kier alpha value is -0.770. The third kappa shape index (κ3) is 3.87. The van der Waals surface area contributed by atoms with E-state index in [1.54, 1.807) is 18.2 Å². The summed E-state index contributed by atoms with van der Waals surface area (Å²) in [6, 6.07) is 5.15. The highest BCUT2D eigenvalue weighted by atomic mass is 35.5. The van der Waals surface area contributed by atoms with Crippen LogP contribution < -0.4 is 5.32 Å². The van der Waals surface area contributed by atoms with E-state index in [4.69, 9.17) is 27.9 Å². The normalized spacial score (nSPS) is 18.9. The van der Waals surface area contributed by atoms with E-state index in [-0.39, 0.29) is 18.4 Å². The summed E-state index contributed by atoms with van der Waals surface area (Å²) >= 11 is 11.8. The minimum atomic E-state index is -0.0466. The van der Waals surface area contributed by atoms with Crippen LogP contribution in [-0.2, 0) is 16.0 Å². The minimum absolute atomic E-state index is 0.0466. The van der Waals surface area contributed by atoms with Crippen molar-refractivity contribution in [1.82, 2.24) is 5.32 Å².